The van der Waals surface area contributed by atoms with Gasteiger partial charge in [-0.05, 0) is 73.2 Å². The van der Waals surface area contributed by atoms with E-state index in [9.17, 15) is 13.9 Å². The highest BCUT2D eigenvalue weighted by molar-refractivity contribution is 8.25. The number of rotatable bonds is 7. The molecule has 1 aromatic heterocycles. The van der Waals surface area contributed by atoms with E-state index in [1.807, 2.05) is 12.1 Å². The number of esters is 1. The third-order valence-corrected chi connectivity index (χ3v) is 6.50. The summed E-state index contributed by atoms with van der Waals surface area (Å²) in [6.07, 6.45) is 2.96. The Labute approximate surface area is 182 Å². The molecule has 164 valence electrons. The van der Waals surface area contributed by atoms with Gasteiger partial charge in [0.25, 0.3) is 0 Å². The van der Waals surface area contributed by atoms with Crippen molar-refractivity contribution >= 4 is 22.4 Å². The van der Waals surface area contributed by atoms with Gasteiger partial charge in [0.2, 0.25) is 5.09 Å². The molecular formula is C23H25NO6S. The number of furan rings is 1. The van der Waals surface area contributed by atoms with Crippen LogP contribution in [0.5, 0.6) is 5.75 Å². The quantitative estimate of drug-likeness (QED) is 0.410. The summed E-state index contributed by atoms with van der Waals surface area (Å²) < 4.78 is 40.3. The van der Waals surface area contributed by atoms with Crippen LogP contribution in [0.2, 0.25) is 0 Å². The predicted octanol–water partition coefficient (Wildman–Crippen LogP) is 5.58. The predicted molar refractivity (Wildman–Crippen MR) is 119 cm³/mol. The lowest BCUT2D eigenvalue weighted by Gasteiger charge is -2.31. The van der Waals surface area contributed by atoms with E-state index in [1.54, 1.807) is 43.3 Å². The normalized spacial score (nSPS) is 13.5. The molecule has 1 aliphatic carbocycles. The zero-order valence-electron chi connectivity index (χ0n) is 17.4. The van der Waals surface area contributed by atoms with E-state index in [2.05, 4.69) is 4.72 Å². The molecule has 0 unspecified atom stereocenters. The van der Waals surface area contributed by atoms with Crippen molar-refractivity contribution in [1.82, 2.24) is 0 Å². The number of hydrogen-bond donors (Lipinski definition) is 3. The van der Waals surface area contributed by atoms with E-state index >= 15 is 0 Å². The van der Waals surface area contributed by atoms with Crippen molar-refractivity contribution in [2.24, 2.45) is 0 Å². The maximum atomic E-state index is 11.6. The van der Waals surface area contributed by atoms with Gasteiger partial charge in [-0.25, -0.2) is 4.79 Å². The molecule has 0 spiro atoms. The van der Waals surface area contributed by atoms with Crippen LogP contribution >= 0.6 is 10.8 Å². The molecule has 31 heavy (non-hydrogen) atoms. The Morgan fingerprint density at radius 1 is 1.10 bits per heavy atom. The standard InChI is InChI=1S/C23H25NO6S/c1-15-6-11-22(30-15)31(26,27)24-20-12-18-4-3-5-19(18)13-21(20)29-14-16-7-9-17(10-8-16)23(25)28-2/h6-13,24,26-27H,3-5,14H2,1-2H3. The molecular weight excluding hydrogens is 418 g/mol. The highest BCUT2D eigenvalue weighted by Crippen LogP contribution is 2.50. The lowest BCUT2D eigenvalue weighted by atomic mass is 10.1. The molecule has 7 nitrogen and oxygen atoms in total. The zero-order chi connectivity index (χ0) is 22.0. The van der Waals surface area contributed by atoms with Crippen LogP contribution in [0, 0.1) is 6.92 Å². The lowest BCUT2D eigenvalue weighted by Crippen LogP contribution is -2.11. The second-order valence-corrected chi connectivity index (χ2v) is 9.17. The van der Waals surface area contributed by atoms with Crippen molar-refractivity contribution in [2.75, 3.05) is 11.8 Å². The minimum absolute atomic E-state index is 0.0786. The molecule has 4 rings (SSSR count). The van der Waals surface area contributed by atoms with E-state index < -0.39 is 16.7 Å². The fraction of sp³-hybridized carbons (Fsp3) is 0.261. The van der Waals surface area contributed by atoms with Gasteiger partial charge in [0.1, 0.15) is 18.1 Å². The molecule has 0 fully saturated rings. The van der Waals surface area contributed by atoms with Crippen molar-refractivity contribution in [2.45, 2.75) is 37.9 Å². The fourth-order valence-electron chi connectivity index (χ4n) is 3.59. The van der Waals surface area contributed by atoms with Gasteiger partial charge < -0.3 is 13.9 Å². The molecule has 0 saturated carbocycles. The van der Waals surface area contributed by atoms with Crippen LogP contribution in [0.1, 0.15) is 39.2 Å². The van der Waals surface area contributed by atoms with Crippen LogP contribution in [0.3, 0.4) is 0 Å². The highest BCUT2D eigenvalue weighted by Gasteiger charge is 2.23. The van der Waals surface area contributed by atoms with Crippen LogP contribution in [-0.2, 0) is 24.2 Å². The van der Waals surface area contributed by atoms with Gasteiger partial charge in [0.15, 0.2) is 0 Å². The Hall–Kier alpha value is -2.94. The number of methoxy groups -OCH3 is 1. The topological polar surface area (TPSA) is 101 Å². The molecule has 2 aromatic carbocycles. The van der Waals surface area contributed by atoms with Crippen molar-refractivity contribution in [3.05, 3.63) is 76.5 Å². The molecule has 0 radical (unpaired) electrons. The van der Waals surface area contributed by atoms with E-state index in [-0.39, 0.29) is 11.7 Å². The number of nitrogens with one attached hydrogen (secondary N) is 1. The van der Waals surface area contributed by atoms with Crippen LogP contribution < -0.4 is 9.46 Å². The Bertz CT molecular complexity index is 1090. The average molecular weight is 444 g/mol. The van der Waals surface area contributed by atoms with E-state index in [1.165, 1.54) is 18.2 Å². The van der Waals surface area contributed by atoms with E-state index in [4.69, 9.17) is 13.9 Å². The third kappa shape index (κ3) is 4.71. The van der Waals surface area contributed by atoms with Crippen LogP contribution in [0.4, 0.5) is 5.69 Å². The summed E-state index contributed by atoms with van der Waals surface area (Å²) in [4.78, 5) is 11.6. The summed E-state index contributed by atoms with van der Waals surface area (Å²) in [6, 6.07) is 14.1. The lowest BCUT2D eigenvalue weighted by molar-refractivity contribution is 0.0600. The molecule has 1 heterocycles. The smallest absolute Gasteiger partial charge is 0.337 e. The molecule has 1 aliphatic rings. The SMILES string of the molecule is COC(=O)c1ccc(COc2cc3c(cc2NS(O)(O)c2ccc(C)o2)CCC3)cc1. The summed E-state index contributed by atoms with van der Waals surface area (Å²) in [5.74, 6) is 0.731. The average Bonchev–Trinajstić information content (AvgIpc) is 3.40. The molecule has 3 N–H and O–H groups in total. The Balaban J connectivity index is 1.56. The molecule has 0 amide bonds. The number of aryl methyl sites for hydroxylation is 3. The van der Waals surface area contributed by atoms with Gasteiger partial charge in [0, 0.05) is 6.07 Å². The zero-order valence-corrected chi connectivity index (χ0v) is 18.2. The molecule has 3 aromatic rings. The van der Waals surface area contributed by atoms with Crippen molar-refractivity contribution in [3.8, 4) is 5.75 Å². The maximum absolute atomic E-state index is 11.6. The Morgan fingerprint density at radius 2 is 1.81 bits per heavy atom. The number of benzene rings is 2. The monoisotopic (exact) mass is 443 g/mol. The Morgan fingerprint density at radius 3 is 2.45 bits per heavy atom. The molecule has 0 bridgehead atoms. The number of ether oxygens (including phenoxy) is 2. The summed E-state index contributed by atoms with van der Waals surface area (Å²) in [5, 5.41) is 0.0786. The van der Waals surface area contributed by atoms with Gasteiger partial charge in [-0.3, -0.25) is 13.8 Å². The summed E-state index contributed by atoms with van der Waals surface area (Å²) >= 11 is 0. The minimum Gasteiger partial charge on any atom is -0.487 e. The number of fused-ring (bicyclic) bond motifs is 1. The fourth-order valence-corrected chi connectivity index (χ4v) is 4.66. The minimum atomic E-state index is -3.38. The summed E-state index contributed by atoms with van der Waals surface area (Å²) in [5.41, 5.74) is 4.21. The van der Waals surface area contributed by atoms with Crippen molar-refractivity contribution < 1.29 is 27.8 Å². The second kappa shape index (κ2) is 8.66. The van der Waals surface area contributed by atoms with Gasteiger partial charge in [-0.1, -0.05) is 22.9 Å². The number of hydrogen-bond acceptors (Lipinski definition) is 7. The highest BCUT2D eigenvalue weighted by atomic mass is 32.3. The van der Waals surface area contributed by atoms with Crippen molar-refractivity contribution in [3.63, 3.8) is 0 Å². The van der Waals surface area contributed by atoms with Crippen molar-refractivity contribution in [1.29, 1.82) is 0 Å². The first-order valence-corrected chi connectivity index (χ1v) is 11.5. The number of anilines is 1. The first-order valence-electron chi connectivity index (χ1n) is 9.94. The number of carbonyl (C=O) groups excluding carboxylic acids is 1. The molecule has 0 atom stereocenters. The summed E-state index contributed by atoms with van der Waals surface area (Å²) in [6.45, 7) is 2.00. The van der Waals surface area contributed by atoms with Crippen LogP contribution in [0.25, 0.3) is 0 Å². The van der Waals surface area contributed by atoms with Crippen LogP contribution in [0.15, 0.2) is 58.0 Å². The van der Waals surface area contributed by atoms with Gasteiger partial charge in [-0.15, -0.1) is 0 Å². The largest absolute Gasteiger partial charge is 0.487 e. The molecule has 0 aliphatic heterocycles. The second-order valence-electron chi connectivity index (χ2n) is 7.46. The van der Waals surface area contributed by atoms with Gasteiger partial charge in [-0.2, -0.15) is 0 Å². The maximum Gasteiger partial charge on any atom is 0.337 e. The molecule has 8 heteroatoms. The first-order chi connectivity index (χ1) is 14.9. The first kappa shape index (κ1) is 21.3. The van der Waals surface area contributed by atoms with Crippen LogP contribution in [-0.4, -0.2) is 22.2 Å². The third-order valence-electron chi connectivity index (χ3n) is 5.21. The number of carbonyl (C=O) groups is 1. The Kier molecular flexibility index (Phi) is 5.95. The van der Waals surface area contributed by atoms with E-state index in [0.717, 1.165) is 24.8 Å². The van der Waals surface area contributed by atoms with Gasteiger partial charge in [0.05, 0.1) is 18.4 Å². The van der Waals surface area contributed by atoms with Gasteiger partial charge >= 0.3 is 5.97 Å². The summed E-state index contributed by atoms with van der Waals surface area (Å²) in [7, 11) is -2.04. The van der Waals surface area contributed by atoms with E-state index in [0.29, 0.717) is 22.8 Å². The molecule has 0 saturated heterocycles.